The van der Waals surface area contributed by atoms with E-state index in [9.17, 15) is 0 Å². The molecule has 0 aromatic heterocycles. The van der Waals surface area contributed by atoms with Crippen molar-refractivity contribution in [1.29, 1.82) is 0 Å². The van der Waals surface area contributed by atoms with Crippen molar-refractivity contribution in [1.82, 2.24) is 5.32 Å². The van der Waals surface area contributed by atoms with E-state index < -0.39 is 0 Å². The van der Waals surface area contributed by atoms with Crippen LogP contribution in [0.25, 0.3) is 0 Å². The van der Waals surface area contributed by atoms with Gasteiger partial charge in [-0.2, -0.15) is 0 Å². The summed E-state index contributed by atoms with van der Waals surface area (Å²) in [6.45, 7) is 2.95. The highest BCUT2D eigenvalue weighted by molar-refractivity contribution is 5.51. The first-order valence-corrected chi connectivity index (χ1v) is 6.85. The van der Waals surface area contributed by atoms with E-state index in [1.54, 1.807) is 14.2 Å². The number of fused-ring (bicyclic) bond motifs is 1. The average Bonchev–Trinajstić information content (AvgIpc) is 2.80. The molecule has 1 saturated heterocycles. The number of methoxy groups -OCH3 is 2. The van der Waals surface area contributed by atoms with E-state index in [-0.39, 0.29) is 0 Å². The summed E-state index contributed by atoms with van der Waals surface area (Å²) in [5, 5.41) is 3.48. The lowest BCUT2D eigenvalue weighted by Gasteiger charge is -2.26. The van der Waals surface area contributed by atoms with Crippen LogP contribution in [0.2, 0.25) is 0 Å². The van der Waals surface area contributed by atoms with Crippen molar-refractivity contribution in [2.75, 3.05) is 33.9 Å². The molecule has 0 bridgehead atoms. The number of benzene rings is 1. The normalized spacial score (nSPS) is 25.6. The molecule has 19 heavy (non-hydrogen) atoms. The second-order valence-electron chi connectivity index (χ2n) is 5.51. The van der Waals surface area contributed by atoms with Crippen LogP contribution >= 0.6 is 0 Å². The van der Waals surface area contributed by atoms with Crippen LogP contribution in [0, 0.1) is 5.41 Å². The van der Waals surface area contributed by atoms with Gasteiger partial charge in [-0.1, -0.05) is 0 Å². The fourth-order valence-corrected chi connectivity index (χ4v) is 3.20. The second kappa shape index (κ2) is 4.93. The van der Waals surface area contributed by atoms with Gasteiger partial charge in [0.2, 0.25) is 0 Å². The van der Waals surface area contributed by atoms with Crippen molar-refractivity contribution in [2.24, 2.45) is 5.41 Å². The van der Waals surface area contributed by atoms with Crippen molar-refractivity contribution in [3.05, 3.63) is 17.7 Å². The highest BCUT2D eigenvalue weighted by atomic mass is 16.5. The first-order chi connectivity index (χ1) is 9.26. The lowest BCUT2D eigenvalue weighted by molar-refractivity contribution is 0.231. The molecule has 1 atom stereocenters. The Kier molecular flexibility index (Phi) is 3.27. The Hall–Kier alpha value is -1.42. The molecule has 1 N–H and O–H groups in total. The molecule has 0 aliphatic carbocycles. The van der Waals surface area contributed by atoms with Gasteiger partial charge in [-0.05, 0) is 31.2 Å². The highest BCUT2D eigenvalue weighted by Crippen LogP contribution is 2.44. The lowest BCUT2D eigenvalue weighted by atomic mass is 9.78. The molecule has 2 aliphatic rings. The van der Waals surface area contributed by atoms with Crippen LogP contribution in [0.15, 0.2) is 12.1 Å². The third-order valence-corrected chi connectivity index (χ3v) is 4.37. The van der Waals surface area contributed by atoms with Gasteiger partial charge >= 0.3 is 0 Å². The Morgan fingerprint density at radius 2 is 2.11 bits per heavy atom. The maximum atomic E-state index is 5.93. The predicted molar refractivity (Wildman–Crippen MR) is 73.3 cm³/mol. The van der Waals surface area contributed by atoms with E-state index in [1.165, 1.54) is 12.0 Å². The fraction of sp³-hybridized carbons (Fsp3) is 0.600. The van der Waals surface area contributed by atoms with Crippen LogP contribution in [0.5, 0.6) is 17.2 Å². The van der Waals surface area contributed by atoms with Gasteiger partial charge in [0.1, 0.15) is 17.2 Å². The molecule has 1 aromatic rings. The molecule has 0 amide bonds. The van der Waals surface area contributed by atoms with E-state index in [0.717, 1.165) is 49.8 Å². The molecular weight excluding hydrogens is 242 g/mol. The lowest BCUT2D eigenvalue weighted by Crippen LogP contribution is -2.27. The molecule has 0 radical (unpaired) electrons. The topological polar surface area (TPSA) is 39.7 Å². The Morgan fingerprint density at radius 1 is 1.21 bits per heavy atom. The fourth-order valence-electron chi connectivity index (χ4n) is 3.20. The van der Waals surface area contributed by atoms with Crippen LogP contribution in [0.4, 0.5) is 0 Å². The first-order valence-electron chi connectivity index (χ1n) is 6.85. The molecular formula is C15H21NO3. The Bertz CT molecular complexity index is 467. The van der Waals surface area contributed by atoms with Crippen LogP contribution < -0.4 is 19.5 Å². The minimum atomic E-state index is 0.327. The number of rotatable bonds is 2. The predicted octanol–water partition coefficient (Wildman–Crippen LogP) is 2.01. The monoisotopic (exact) mass is 263 g/mol. The van der Waals surface area contributed by atoms with E-state index in [2.05, 4.69) is 5.32 Å². The molecule has 4 heteroatoms. The third kappa shape index (κ3) is 2.25. The number of ether oxygens (including phenoxy) is 3. The molecule has 0 saturated carbocycles. The zero-order chi connectivity index (χ0) is 13.3. The summed E-state index contributed by atoms with van der Waals surface area (Å²) in [6.07, 6.45) is 3.33. The quantitative estimate of drug-likeness (QED) is 0.886. The SMILES string of the molecule is COc1cc(OC)c2c(c1)OCCC1(CCNC1)C2. The van der Waals surface area contributed by atoms with Gasteiger partial charge in [-0.25, -0.2) is 0 Å². The molecule has 104 valence electrons. The summed E-state index contributed by atoms with van der Waals surface area (Å²) in [7, 11) is 3.37. The molecule has 3 rings (SSSR count). The van der Waals surface area contributed by atoms with E-state index in [4.69, 9.17) is 14.2 Å². The smallest absolute Gasteiger partial charge is 0.129 e. The summed E-state index contributed by atoms with van der Waals surface area (Å²) in [5.74, 6) is 2.58. The molecule has 4 nitrogen and oxygen atoms in total. The van der Waals surface area contributed by atoms with Crippen LogP contribution in [-0.2, 0) is 6.42 Å². The van der Waals surface area contributed by atoms with Gasteiger partial charge in [0.15, 0.2) is 0 Å². The minimum Gasteiger partial charge on any atom is -0.496 e. The van der Waals surface area contributed by atoms with Crippen LogP contribution in [0.1, 0.15) is 18.4 Å². The summed E-state index contributed by atoms with van der Waals surface area (Å²) in [6, 6.07) is 3.92. The molecule has 1 spiro atoms. The second-order valence-corrected chi connectivity index (χ2v) is 5.51. The van der Waals surface area contributed by atoms with E-state index in [1.807, 2.05) is 12.1 Å². The van der Waals surface area contributed by atoms with Gasteiger partial charge in [-0.15, -0.1) is 0 Å². The van der Waals surface area contributed by atoms with E-state index >= 15 is 0 Å². The van der Waals surface area contributed by atoms with Crippen molar-refractivity contribution >= 4 is 0 Å². The summed E-state index contributed by atoms with van der Waals surface area (Å²) >= 11 is 0. The molecule has 2 heterocycles. The molecule has 1 fully saturated rings. The Labute approximate surface area is 114 Å². The standard InChI is InChI=1S/C15H21NO3/c1-17-11-7-13(18-2)12-9-15(3-5-16-10-15)4-6-19-14(12)8-11/h7-8,16H,3-6,9-10H2,1-2H3. The zero-order valence-corrected chi connectivity index (χ0v) is 11.6. The van der Waals surface area contributed by atoms with Gasteiger partial charge in [-0.3, -0.25) is 0 Å². The number of nitrogens with one attached hydrogen (secondary N) is 1. The first kappa shape index (κ1) is 12.6. The van der Waals surface area contributed by atoms with E-state index in [0.29, 0.717) is 5.41 Å². The largest absolute Gasteiger partial charge is 0.496 e. The number of hydrogen-bond acceptors (Lipinski definition) is 4. The van der Waals surface area contributed by atoms with Crippen LogP contribution in [-0.4, -0.2) is 33.9 Å². The zero-order valence-electron chi connectivity index (χ0n) is 11.6. The maximum Gasteiger partial charge on any atom is 0.129 e. The third-order valence-electron chi connectivity index (χ3n) is 4.37. The summed E-state index contributed by atoms with van der Waals surface area (Å²) in [4.78, 5) is 0. The van der Waals surface area contributed by atoms with Crippen molar-refractivity contribution in [3.63, 3.8) is 0 Å². The maximum absolute atomic E-state index is 5.93. The van der Waals surface area contributed by atoms with Crippen molar-refractivity contribution in [3.8, 4) is 17.2 Å². The number of hydrogen-bond donors (Lipinski definition) is 1. The van der Waals surface area contributed by atoms with Gasteiger partial charge in [0.05, 0.1) is 20.8 Å². The summed E-state index contributed by atoms with van der Waals surface area (Å²) < 4.78 is 16.8. The molecule has 2 aliphatic heterocycles. The molecule has 1 aromatic carbocycles. The highest BCUT2D eigenvalue weighted by Gasteiger charge is 2.37. The average molecular weight is 263 g/mol. The van der Waals surface area contributed by atoms with Crippen LogP contribution in [0.3, 0.4) is 0 Å². The Morgan fingerprint density at radius 3 is 2.79 bits per heavy atom. The van der Waals surface area contributed by atoms with Gasteiger partial charge in [0.25, 0.3) is 0 Å². The minimum absolute atomic E-state index is 0.327. The molecule has 1 unspecified atom stereocenters. The van der Waals surface area contributed by atoms with Crippen molar-refractivity contribution in [2.45, 2.75) is 19.3 Å². The van der Waals surface area contributed by atoms with Gasteiger partial charge in [0, 0.05) is 24.2 Å². The van der Waals surface area contributed by atoms with Gasteiger partial charge < -0.3 is 19.5 Å². The summed E-state index contributed by atoms with van der Waals surface area (Å²) in [5.41, 5.74) is 1.51. The van der Waals surface area contributed by atoms with Crippen molar-refractivity contribution < 1.29 is 14.2 Å². The Balaban J connectivity index is 2.01.